The van der Waals surface area contributed by atoms with E-state index in [2.05, 4.69) is 10.1 Å². The fraction of sp³-hybridized carbons (Fsp3) is 0.308. The van der Waals surface area contributed by atoms with Crippen molar-refractivity contribution in [3.63, 3.8) is 0 Å². The maximum atomic E-state index is 10.9. The average molecular weight is 260 g/mol. The van der Waals surface area contributed by atoms with Crippen LogP contribution in [0.4, 0.5) is 4.79 Å². The van der Waals surface area contributed by atoms with Crippen LogP contribution in [0.2, 0.25) is 0 Å². The van der Waals surface area contributed by atoms with Gasteiger partial charge in [-0.15, -0.1) is 0 Å². The monoisotopic (exact) mass is 260 g/mol. The summed E-state index contributed by atoms with van der Waals surface area (Å²) < 4.78 is 1.69. The van der Waals surface area contributed by atoms with Gasteiger partial charge in [-0.05, 0) is 31.0 Å². The number of aryl methyl sites for hydroxylation is 1. The van der Waals surface area contributed by atoms with Crippen molar-refractivity contribution in [1.82, 2.24) is 19.7 Å². The number of carbonyl (C=O) groups is 1. The lowest BCUT2D eigenvalue weighted by molar-refractivity contribution is 0.142. The first-order chi connectivity index (χ1) is 8.99. The second-order valence-corrected chi connectivity index (χ2v) is 4.48. The third kappa shape index (κ3) is 2.73. The van der Waals surface area contributed by atoms with E-state index in [1.807, 2.05) is 32.2 Å². The van der Waals surface area contributed by atoms with Crippen LogP contribution < -0.4 is 0 Å². The van der Waals surface area contributed by atoms with E-state index >= 15 is 0 Å². The molecule has 1 N–H and O–H groups in total. The highest BCUT2D eigenvalue weighted by Gasteiger charge is 2.16. The van der Waals surface area contributed by atoms with Crippen molar-refractivity contribution in [3.8, 4) is 5.82 Å². The Morgan fingerprint density at radius 3 is 2.63 bits per heavy atom. The molecule has 0 saturated carbocycles. The normalized spacial score (nSPS) is 12.2. The highest BCUT2D eigenvalue weighted by atomic mass is 16.4. The summed E-state index contributed by atoms with van der Waals surface area (Å²) in [6.07, 6.45) is 4.36. The van der Waals surface area contributed by atoms with Gasteiger partial charge in [-0.1, -0.05) is 6.07 Å². The molecular weight excluding hydrogens is 244 g/mol. The summed E-state index contributed by atoms with van der Waals surface area (Å²) in [4.78, 5) is 16.4. The first kappa shape index (κ1) is 13.1. The molecule has 2 heterocycles. The molecule has 1 atom stereocenters. The molecule has 0 fully saturated rings. The molecule has 0 bridgehead atoms. The molecule has 2 rings (SSSR count). The zero-order chi connectivity index (χ0) is 14.0. The Labute approximate surface area is 111 Å². The number of nitrogens with zero attached hydrogens (tertiary/aromatic N) is 4. The zero-order valence-electron chi connectivity index (χ0n) is 11.1. The molecule has 0 radical (unpaired) electrons. The summed E-state index contributed by atoms with van der Waals surface area (Å²) in [7, 11) is 1.54. The number of rotatable bonds is 3. The van der Waals surface area contributed by atoms with Gasteiger partial charge in [0.05, 0.1) is 12.2 Å². The Morgan fingerprint density at radius 2 is 2.16 bits per heavy atom. The molecule has 0 aliphatic heterocycles. The quantitative estimate of drug-likeness (QED) is 0.918. The maximum Gasteiger partial charge on any atom is 0.407 e. The number of pyridine rings is 1. The summed E-state index contributed by atoms with van der Waals surface area (Å²) in [6, 6.07) is 3.45. The van der Waals surface area contributed by atoms with E-state index in [0.717, 1.165) is 11.1 Å². The molecule has 0 aromatic carbocycles. The van der Waals surface area contributed by atoms with Crippen LogP contribution in [-0.4, -0.2) is 37.9 Å². The average Bonchev–Trinajstić information content (AvgIpc) is 2.84. The Hall–Kier alpha value is -2.37. The van der Waals surface area contributed by atoms with Crippen LogP contribution in [0.5, 0.6) is 0 Å². The fourth-order valence-electron chi connectivity index (χ4n) is 1.71. The number of hydrogen-bond acceptors (Lipinski definition) is 3. The fourth-order valence-corrected chi connectivity index (χ4v) is 1.71. The number of amides is 1. The molecule has 2 aromatic rings. The van der Waals surface area contributed by atoms with Crippen molar-refractivity contribution in [1.29, 1.82) is 0 Å². The van der Waals surface area contributed by atoms with E-state index in [4.69, 9.17) is 5.11 Å². The predicted octanol–water partition coefficient (Wildman–Crippen LogP) is 2.25. The topological polar surface area (TPSA) is 71.2 Å². The van der Waals surface area contributed by atoms with Crippen LogP contribution in [0.25, 0.3) is 5.82 Å². The smallest absolute Gasteiger partial charge is 0.407 e. The van der Waals surface area contributed by atoms with Crippen LogP contribution in [-0.2, 0) is 0 Å². The third-order valence-electron chi connectivity index (χ3n) is 3.08. The minimum Gasteiger partial charge on any atom is -0.465 e. The molecule has 0 spiro atoms. The van der Waals surface area contributed by atoms with E-state index in [1.54, 1.807) is 17.1 Å². The Morgan fingerprint density at radius 1 is 1.42 bits per heavy atom. The summed E-state index contributed by atoms with van der Waals surface area (Å²) in [5.41, 5.74) is 1.90. The molecule has 0 aliphatic rings. The van der Waals surface area contributed by atoms with Gasteiger partial charge in [-0.3, -0.25) is 0 Å². The molecule has 1 unspecified atom stereocenters. The summed E-state index contributed by atoms with van der Waals surface area (Å²) in [5.74, 6) is 0.710. The largest absolute Gasteiger partial charge is 0.465 e. The van der Waals surface area contributed by atoms with Gasteiger partial charge in [-0.25, -0.2) is 14.5 Å². The highest BCUT2D eigenvalue weighted by Crippen LogP contribution is 2.18. The van der Waals surface area contributed by atoms with Gasteiger partial charge in [-0.2, -0.15) is 5.10 Å². The van der Waals surface area contributed by atoms with Gasteiger partial charge in [0.2, 0.25) is 0 Å². The van der Waals surface area contributed by atoms with Crippen LogP contribution in [0.15, 0.2) is 30.7 Å². The molecule has 6 nitrogen and oxygen atoms in total. The van der Waals surface area contributed by atoms with Gasteiger partial charge in [0, 0.05) is 19.4 Å². The second-order valence-electron chi connectivity index (χ2n) is 4.48. The van der Waals surface area contributed by atoms with Crippen molar-refractivity contribution in [2.45, 2.75) is 19.9 Å². The maximum absolute atomic E-state index is 10.9. The van der Waals surface area contributed by atoms with Crippen LogP contribution in [0.3, 0.4) is 0 Å². The van der Waals surface area contributed by atoms with E-state index in [-0.39, 0.29) is 6.04 Å². The Kier molecular flexibility index (Phi) is 3.50. The third-order valence-corrected chi connectivity index (χ3v) is 3.08. The standard InChI is InChI=1S/C13H16N4O2/c1-9-6-15-17(8-9)12-5-4-11(7-14-12)10(2)16(3)13(18)19/h4-8,10H,1-3H3,(H,18,19). The SMILES string of the molecule is Cc1cnn(-c2ccc(C(C)N(C)C(=O)O)cn2)c1. The highest BCUT2D eigenvalue weighted by molar-refractivity contribution is 5.65. The van der Waals surface area contributed by atoms with Gasteiger partial charge in [0.15, 0.2) is 5.82 Å². The first-order valence-corrected chi connectivity index (χ1v) is 5.92. The molecule has 6 heteroatoms. The number of aromatic nitrogens is 3. The molecule has 0 saturated heterocycles. The molecule has 2 aromatic heterocycles. The van der Waals surface area contributed by atoms with Crippen molar-refractivity contribution in [2.24, 2.45) is 0 Å². The summed E-state index contributed by atoms with van der Waals surface area (Å²) in [6.45, 7) is 3.78. The Balaban J connectivity index is 2.21. The van der Waals surface area contributed by atoms with E-state index in [9.17, 15) is 4.79 Å². The summed E-state index contributed by atoms with van der Waals surface area (Å²) >= 11 is 0. The minimum absolute atomic E-state index is 0.238. The molecular formula is C13H16N4O2. The van der Waals surface area contributed by atoms with Gasteiger partial charge in [0.25, 0.3) is 0 Å². The van der Waals surface area contributed by atoms with Crippen molar-refractivity contribution < 1.29 is 9.90 Å². The van der Waals surface area contributed by atoms with Gasteiger partial charge in [0.1, 0.15) is 0 Å². The minimum atomic E-state index is -0.959. The zero-order valence-corrected chi connectivity index (χ0v) is 11.1. The van der Waals surface area contributed by atoms with Crippen molar-refractivity contribution in [3.05, 3.63) is 41.9 Å². The Bertz CT molecular complexity index is 577. The van der Waals surface area contributed by atoms with Crippen LogP contribution >= 0.6 is 0 Å². The molecule has 19 heavy (non-hydrogen) atoms. The van der Waals surface area contributed by atoms with Gasteiger partial charge < -0.3 is 10.0 Å². The van der Waals surface area contributed by atoms with E-state index in [0.29, 0.717) is 5.82 Å². The summed E-state index contributed by atoms with van der Waals surface area (Å²) in [5, 5.41) is 13.1. The van der Waals surface area contributed by atoms with Crippen LogP contribution in [0.1, 0.15) is 24.1 Å². The van der Waals surface area contributed by atoms with E-state index < -0.39 is 6.09 Å². The first-order valence-electron chi connectivity index (χ1n) is 5.92. The van der Waals surface area contributed by atoms with Gasteiger partial charge >= 0.3 is 6.09 Å². The van der Waals surface area contributed by atoms with Crippen LogP contribution in [0, 0.1) is 6.92 Å². The number of carboxylic acid groups (broad SMARTS) is 1. The number of hydrogen-bond donors (Lipinski definition) is 1. The molecule has 0 aliphatic carbocycles. The van der Waals surface area contributed by atoms with Crippen molar-refractivity contribution in [2.75, 3.05) is 7.05 Å². The van der Waals surface area contributed by atoms with E-state index in [1.165, 1.54) is 11.9 Å². The lowest BCUT2D eigenvalue weighted by Gasteiger charge is -2.21. The molecule has 100 valence electrons. The predicted molar refractivity (Wildman–Crippen MR) is 70.3 cm³/mol. The molecule has 1 amide bonds. The lowest BCUT2D eigenvalue weighted by Crippen LogP contribution is -2.27. The second kappa shape index (κ2) is 5.09. The lowest BCUT2D eigenvalue weighted by atomic mass is 10.1. The van der Waals surface area contributed by atoms with Crippen molar-refractivity contribution >= 4 is 6.09 Å².